The molecule has 0 aromatic rings. The second-order valence-corrected chi connectivity index (χ2v) is 3.94. The van der Waals surface area contributed by atoms with Gasteiger partial charge in [0.05, 0.1) is 13.0 Å². The predicted octanol–water partition coefficient (Wildman–Crippen LogP) is 2.42. The third kappa shape index (κ3) is 1.74. The standard InChI is InChI=1S/C12H18O2/c1-5-9-7-10(6-2)11(8(9)3)12(13)14-4/h5-6,8-11H,1-2,7H2,3-4H3. The zero-order valence-corrected chi connectivity index (χ0v) is 8.90. The summed E-state index contributed by atoms with van der Waals surface area (Å²) < 4.78 is 4.81. The Bertz CT molecular complexity index is 245. The van der Waals surface area contributed by atoms with Gasteiger partial charge in [-0.3, -0.25) is 4.79 Å². The van der Waals surface area contributed by atoms with Gasteiger partial charge in [-0.1, -0.05) is 19.1 Å². The molecule has 2 heteroatoms. The average molecular weight is 194 g/mol. The number of carbonyl (C=O) groups is 1. The van der Waals surface area contributed by atoms with Crippen molar-refractivity contribution in [3.8, 4) is 0 Å². The Hall–Kier alpha value is -1.05. The van der Waals surface area contributed by atoms with Gasteiger partial charge in [0, 0.05) is 0 Å². The summed E-state index contributed by atoms with van der Waals surface area (Å²) in [7, 11) is 1.44. The molecule has 0 radical (unpaired) electrons. The molecular weight excluding hydrogens is 176 g/mol. The second kappa shape index (κ2) is 4.45. The molecule has 0 spiro atoms. The Morgan fingerprint density at radius 1 is 1.36 bits per heavy atom. The number of esters is 1. The smallest absolute Gasteiger partial charge is 0.309 e. The molecular formula is C12H18O2. The summed E-state index contributed by atoms with van der Waals surface area (Å²) in [6, 6.07) is 0. The summed E-state index contributed by atoms with van der Waals surface area (Å²) in [5.41, 5.74) is 0. The van der Waals surface area contributed by atoms with E-state index in [1.54, 1.807) is 0 Å². The third-order valence-corrected chi connectivity index (χ3v) is 3.33. The molecule has 0 aromatic carbocycles. The van der Waals surface area contributed by atoms with Crippen LogP contribution in [0.15, 0.2) is 25.3 Å². The first-order valence-corrected chi connectivity index (χ1v) is 4.98. The minimum absolute atomic E-state index is 0.0412. The van der Waals surface area contributed by atoms with Gasteiger partial charge in [-0.05, 0) is 24.2 Å². The highest BCUT2D eigenvalue weighted by molar-refractivity contribution is 5.73. The highest BCUT2D eigenvalue weighted by Crippen LogP contribution is 2.43. The van der Waals surface area contributed by atoms with Crippen LogP contribution in [0.2, 0.25) is 0 Å². The van der Waals surface area contributed by atoms with Crippen molar-refractivity contribution >= 4 is 5.97 Å². The van der Waals surface area contributed by atoms with Crippen LogP contribution >= 0.6 is 0 Å². The number of hydrogen-bond donors (Lipinski definition) is 0. The Balaban J connectivity index is 2.84. The van der Waals surface area contributed by atoms with Crippen molar-refractivity contribution in [3.05, 3.63) is 25.3 Å². The molecule has 78 valence electrons. The monoisotopic (exact) mass is 194 g/mol. The fourth-order valence-electron chi connectivity index (χ4n) is 2.41. The van der Waals surface area contributed by atoms with Crippen LogP contribution in [0, 0.1) is 23.7 Å². The van der Waals surface area contributed by atoms with E-state index in [1.807, 2.05) is 12.2 Å². The lowest BCUT2D eigenvalue weighted by Gasteiger charge is -2.18. The van der Waals surface area contributed by atoms with Crippen LogP contribution in [0.3, 0.4) is 0 Å². The zero-order valence-electron chi connectivity index (χ0n) is 8.90. The second-order valence-electron chi connectivity index (χ2n) is 3.94. The maximum atomic E-state index is 11.6. The van der Waals surface area contributed by atoms with Gasteiger partial charge in [0.1, 0.15) is 0 Å². The van der Waals surface area contributed by atoms with E-state index in [2.05, 4.69) is 20.1 Å². The molecule has 2 nitrogen and oxygen atoms in total. The number of rotatable bonds is 3. The van der Waals surface area contributed by atoms with Gasteiger partial charge in [-0.25, -0.2) is 0 Å². The van der Waals surface area contributed by atoms with Crippen LogP contribution in [0.1, 0.15) is 13.3 Å². The number of ether oxygens (including phenoxy) is 1. The molecule has 0 heterocycles. The lowest BCUT2D eigenvalue weighted by Crippen LogP contribution is -2.24. The van der Waals surface area contributed by atoms with Gasteiger partial charge >= 0.3 is 5.97 Å². The highest BCUT2D eigenvalue weighted by Gasteiger charge is 2.42. The topological polar surface area (TPSA) is 26.3 Å². The molecule has 1 aliphatic carbocycles. The van der Waals surface area contributed by atoms with E-state index in [0.717, 1.165) is 6.42 Å². The Kier molecular flexibility index (Phi) is 3.50. The molecule has 0 aliphatic heterocycles. The lowest BCUT2D eigenvalue weighted by atomic mass is 9.88. The fourth-order valence-corrected chi connectivity index (χ4v) is 2.41. The van der Waals surface area contributed by atoms with Gasteiger partial charge in [0.15, 0.2) is 0 Å². The maximum Gasteiger partial charge on any atom is 0.309 e. The van der Waals surface area contributed by atoms with E-state index in [4.69, 9.17) is 4.74 Å². The van der Waals surface area contributed by atoms with Gasteiger partial charge < -0.3 is 4.74 Å². The molecule has 0 bridgehead atoms. The van der Waals surface area contributed by atoms with Crippen molar-refractivity contribution in [1.82, 2.24) is 0 Å². The van der Waals surface area contributed by atoms with Crippen molar-refractivity contribution in [2.24, 2.45) is 23.7 Å². The first-order chi connectivity index (χ1) is 6.65. The van der Waals surface area contributed by atoms with E-state index < -0.39 is 0 Å². The van der Waals surface area contributed by atoms with Gasteiger partial charge in [-0.2, -0.15) is 0 Å². The van der Waals surface area contributed by atoms with Gasteiger partial charge in [-0.15, -0.1) is 13.2 Å². The fraction of sp³-hybridized carbons (Fsp3) is 0.583. The molecule has 0 aromatic heterocycles. The van der Waals surface area contributed by atoms with Crippen LogP contribution in [0.5, 0.6) is 0 Å². The maximum absolute atomic E-state index is 11.6. The molecule has 14 heavy (non-hydrogen) atoms. The molecule has 4 atom stereocenters. The van der Waals surface area contributed by atoms with Crippen LogP contribution in [-0.4, -0.2) is 13.1 Å². The predicted molar refractivity (Wildman–Crippen MR) is 56.7 cm³/mol. The summed E-state index contributed by atoms with van der Waals surface area (Å²) in [5, 5.41) is 0. The SMILES string of the molecule is C=CC1CC(C=C)C(C(=O)OC)C1C. The highest BCUT2D eigenvalue weighted by atomic mass is 16.5. The normalized spacial score (nSPS) is 36.4. The molecule has 0 amide bonds. The minimum Gasteiger partial charge on any atom is -0.469 e. The Morgan fingerprint density at radius 3 is 2.36 bits per heavy atom. The number of hydrogen-bond acceptors (Lipinski definition) is 2. The van der Waals surface area contributed by atoms with E-state index >= 15 is 0 Å². The molecule has 1 rings (SSSR count). The van der Waals surface area contributed by atoms with Crippen LogP contribution in [0.25, 0.3) is 0 Å². The molecule has 1 saturated carbocycles. The third-order valence-electron chi connectivity index (χ3n) is 3.33. The summed E-state index contributed by atoms with van der Waals surface area (Å²) in [4.78, 5) is 11.6. The van der Waals surface area contributed by atoms with Crippen molar-refractivity contribution in [1.29, 1.82) is 0 Å². The number of carbonyl (C=O) groups excluding carboxylic acids is 1. The van der Waals surface area contributed by atoms with E-state index in [0.29, 0.717) is 11.8 Å². The van der Waals surface area contributed by atoms with Crippen molar-refractivity contribution in [3.63, 3.8) is 0 Å². The van der Waals surface area contributed by atoms with Crippen LogP contribution in [0.4, 0.5) is 0 Å². The largest absolute Gasteiger partial charge is 0.469 e. The molecule has 0 saturated heterocycles. The Labute approximate surface area is 85.6 Å². The van der Waals surface area contributed by atoms with E-state index in [1.165, 1.54) is 7.11 Å². The zero-order chi connectivity index (χ0) is 10.7. The molecule has 1 fully saturated rings. The average Bonchev–Trinajstić information content (AvgIpc) is 2.53. The van der Waals surface area contributed by atoms with E-state index in [9.17, 15) is 4.79 Å². The van der Waals surface area contributed by atoms with Crippen molar-refractivity contribution in [2.45, 2.75) is 13.3 Å². The summed E-state index contributed by atoms with van der Waals surface area (Å²) in [5.74, 6) is 0.790. The van der Waals surface area contributed by atoms with Gasteiger partial charge in [0.25, 0.3) is 0 Å². The lowest BCUT2D eigenvalue weighted by molar-refractivity contribution is -0.147. The quantitative estimate of drug-likeness (QED) is 0.509. The minimum atomic E-state index is -0.119. The summed E-state index contributed by atoms with van der Waals surface area (Å²) >= 11 is 0. The summed E-state index contributed by atoms with van der Waals surface area (Å²) in [6.07, 6.45) is 4.76. The first kappa shape index (κ1) is 11.0. The molecule has 1 aliphatic rings. The molecule has 0 N–H and O–H groups in total. The first-order valence-electron chi connectivity index (χ1n) is 4.98. The van der Waals surface area contributed by atoms with Crippen LogP contribution < -0.4 is 0 Å². The van der Waals surface area contributed by atoms with Crippen LogP contribution in [-0.2, 0) is 9.53 Å². The summed E-state index contributed by atoms with van der Waals surface area (Å²) in [6.45, 7) is 9.65. The van der Waals surface area contributed by atoms with Crippen molar-refractivity contribution in [2.75, 3.05) is 7.11 Å². The van der Waals surface area contributed by atoms with Gasteiger partial charge in [0.2, 0.25) is 0 Å². The molecule has 4 unspecified atom stereocenters. The van der Waals surface area contributed by atoms with E-state index in [-0.39, 0.29) is 17.8 Å². The van der Waals surface area contributed by atoms with Crippen molar-refractivity contribution < 1.29 is 9.53 Å². The number of methoxy groups -OCH3 is 1. The number of allylic oxidation sites excluding steroid dienone is 2. The Morgan fingerprint density at radius 2 is 1.93 bits per heavy atom.